The van der Waals surface area contributed by atoms with Crippen molar-refractivity contribution >= 4 is 16.5 Å². The summed E-state index contributed by atoms with van der Waals surface area (Å²) in [5.74, 6) is 0. The number of anilines is 1. The molecule has 0 aliphatic heterocycles. The van der Waals surface area contributed by atoms with Gasteiger partial charge in [-0.3, -0.25) is 0 Å². The zero-order valence-electron chi connectivity index (χ0n) is 6.04. The first-order valence-electron chi connectivity index (χ1n) is 3.52. The molecule has 0 saturated heterocycles. The van der Waals surface area contributed by atoms with E-state index in [0.717, 1.165) is 16.5 Å². The molecule has 1 heteroatoms. The van der Waals surface area contributed by atoms with E-state index in [-0.39, 0.29) is 0 Å². The molecule has 2 N–H and O–H groups in total. The van der Waals surface area contributed by atoms with Crippen LogP contribution in [0.4, 0.5) is 5.69 Å². The summed E-state index contributed by atoms with van der Waals surface area (Å²) < 4.78 is 0. The van der Waals surface area contributed by atoms with Crippen LogP contribution in [-0.2, 0) is 0 Å². The fourth-order valence-corrected chi connectivity index (χ4v) is 1.14. The van der Waals surface area contributed by atoms with E-state index in [9.17, 15) is 0 Å². The van der Waals surface area contributed by atoms with Gasteiger partial charge in [0.05, 0.1) is 0 Å². The highest BCUT2D eigenvalue weighted by atomic mass is 14.5. The number of benzene rings is 2. The highest BCUT2D eigenvalue weighted by Gasteiger charge is 1.90. The van der Waals surface area contributed by atoms with Gasteiger partial charge in [0.2, 0.25) is 0 Å². The Hall–Kier alpha value is -1.50. The molecule has 0 heterocycles. The Morgan fingerprint density at radius 3 is 2.91 bits per heavy atom. The molecule has 0 fully saturated rings. The number of hydrogen-bond acceptors (Lipinski definition) is 1. The number of hydrogen-bond donors (Lipinski definition) is 1. The van der Waals surface area contributed by atoms with Crippen molar-refractivity contribution in [2.24, 2.45) is 0 Å². The zero-order valence-corrected chi connectivity index (χ0v) is 6.04. The molecule has 11 heavy (non-hydrogen) atoms. The number of nitrogens with two attached hydrogens (primary N) is 1. The number of nitrogen functional groups attached to an aromatic ring is 1. The Kier molecular flexibility index (Phi) is 1.29. The Labute approximate surface area is 65.5 Å². The standard InChI is InChI=1S/C10H8N/c11-10-6-5-8-3-1-2-4-9(8)7-10/h1-4,6-7H,11H2. The van der Waals surface area contributed by atoms with Gasteiger partial charge in [0.25, 0.3) is 0 Å². The summed E-state index contributed by atoms with van der Waals surface area (Å²) in [6, 6.07) is 14.9. The first kappa shape index (κ1) is 6.23. The fourth-order valence-electron chi connectivity index (χ4n) is 1.14. The topological polar surface area (TPSA) is 26.0 Å². The second-order valence-electron chi connectivity index (χ2n) is 2.52. The Morgan fingerprint density at radius 2 is 2.00 bits per heavy atom. The SMILES string of the molecule is Nc1c[c]c2ccccc2c1. The highest BCUT2D eigenvalue weighted by molar-refractivity contribution is 5.84. The molecule has 1 radical (unpaired) electrons. The van der Waals surface area contributed by atoms with Gasteiger partial charge in [-0.05, 0) is 29.0 Å². The second kappa shape index (κ2) is 2.27. The molecule has 0 aromatic heterocycles. The molecule has 0 aliphatic rings. The summed E-state index contributed by atoms with van der Waals surface area (Å²) in [7, 11) is 0. The van der Waals surface area contributed by atoms with Crippen molar-refractivity contribution in [2.75, 3.05) is 5.73 Å². The molecule has 2 rings (SSSR count). The van der Waals surface area contributed by atoms with Gasteiger partial charge in [-0.25, -0.2) is 0 Å². The van der Waals surface area contributed by atoms with Crippen molar-refractivity contribution in [3.05, 3.63) is 42.5 Å². The molecule has 0 amide bonds. The lowest BCUT2D eigenvalue weighted by atomic mass is 10.1. The van der Waals surface area contributed by atoms with Crippen LogP contribution in [0.5, 0.6) is 0 Å². The third-order valence-corrected chi connectivity index (χ3v) is 1.68. The third kappa shape index (κ3) is 1.05. The van der Waals surface area contributed by atoms with Crippen molar-refractivity contribution in [3.8, 4) is 0 Å². The molecule has 0 unspecified atom stereocenters. The van der Waals surface area contributed by atoms with E-state index in [0.29, 0.717) is 0 Å². The molecule has 0 spiro atoms. The van der Waals surface area contributed by atoms with E-state index >= 15 is 0 Å². The normalized spacial score (nSPS) is 10.2. The van der Waals surface area contributed by atoms with E-state index < -0.39 is 0 Å². The minimum absolute atomic E-state index is 0.767. The predicted octanol–water partition coefficient (Wildman–Crippen LogP) is 2.22. The molecule has 0 bridgehead atoms. The van der Waals surface area contributed by atoms with Gasteiger partial charge >= 0.3 is 0 Å². The van der Waals surface area contributed by atoms with Gasteiger partial charge in [0, 0.05) is 5.69 Å². The monoisotopic (exact) mass is 142 g/mol. The molecular weight excluding hydrogens is 134 g/mol. The van der Waals surface area contributed by atoms with Crippen LogP contribution in [0.25, 0.3) is 10.8 Å². The van der Waals surface area contributed by atoms with E-state index in [1.807, 2.05) is 30.3 Å². The Bertz CT molecular complexity index is 379. The largest absolute Gasteiger partial charge is 0.399 e. The molecule has 2 aromatic carbocycles. The van der Waals surface area contributed by atoms with Gasteiger partial charge in [-0.1, -0.05) is 24.3 Å². The van der Waals surface area contributed by atoms with Crippen LogP contribution in [0.3, 0.4) is 0 Å². The van der Waals surface area contributed by atoms with Crippen LogP contribution in [0.15, 0.2) is 36.4 Å². The maximum atomic E-state index is 5.59. The fraction of sp³-hybridized carbons (Fsp3) is 0. The van der Waals surface area contributed by atoms with Gasteiger partial charge in [0.1, 0.15) is 0 Å². The lowest BCUT2D eigenvalue weighted by Crippen LogP contribution is -1.82. The maximum Gasteiger partial charge on any atom is 0.0326 e. The molecule has 0 aliphatic carbocycles. The summed E-state index contributed by atoms with van der Waals surface area (Å²) >= 11 is 0. The van der Waals surface area contributed by atoms with Gasteiger partial charge < -0.3 is 5.73 Å². The maximum absolute atomic E-state index is 5.59. The number of fused-ring (bicyclic) bond motifs is 1. The molecule has 2 aromatic rings. The first-order chi connectivity index (χ1) is 5.36. The molecule has 0 atom stereocenters. The Morgan fingerprint density at radius 1 is 1.18 bits per heavy atom. The Balaban J connectivity index is 2.83. The van der Waals surface area contributed by atoms with Gasteiger partial charge in [0.15, 0.2) is 0 Å². The summed E-state index contributed by atoms with van der Waals surface area (Å²) in [5, 5.41) is 2.26. The third-order valence-electron chi connectivity index (χ3n) is 1.68. The number of rotatable bonds is 0. The lowest BCUT2D eigenvalue weighted by molar-refractivity contribution is 1.72. The summed E-state index contributed by atoms with van der Waals surface area (Å²) in [6.07, 6.45) is 0. The minimum Gasteiger partial charge on any atom is -0.399 e. The van der Waals surface area contributed by atoms with Crippen molar-refractivity contribution < 1.29 is 0 Å². The zero-order chi connectivity index (χ0) is 7.68. The van der Waals surface area contributed by atoms with Crippen LogP contribution >= 0.6 is 0 Å². The minimum atomic E-state index is 0.767. The second-order valence-corrected chi connectivity index (χ2v) is 2.52. The quantitative estimate of drug-likeness (QED) is 0.561. The summed E-state index contributed by atoms with van der Waals surface area (Å²) in [4.78, 5) is 0. The van der Waals surface area contributed by atoms with E-state index in [2.05, 4.69) is 6.07 Å². The lowest BCUT2D eigenvalue weighted by Gasteiger charge is -1.96. The van der Waals surface area contributed by atoms with E-state index in [1.165, 1.54) is 0 Å². The van der Waals surface area contributed by atoms with Crippen LogP contribution in [0, 0.1) is 6.07 Å². The van der Waals surface area contributed by atoms with Crippen molar-refractivity contribution in [1.82, 2.24) is 0 Å². The average Bonchev–Trinajstić information content (AvgIpc) is 2.04. The van der Waals surface area contributed by atoms with Gasteiger partial charge in [-0.2, -0.15) is 0 Å². The van der Waals surface area contributed by atoms with Gasteiger partial charge in [-0.15, -0.1) is 0 Å². The van der Waals surface area contributed by atoms with Crippen LogP contribution in [0.2, 0.25) is 0 Å². The first-order valence-corrected chi connectivity index (χ1v) is 3.52. The van der Waals surface area contributed by atoms with E-state index in [4.69, 9.17) is 5.73 Å². The van der Waals surface area contributed by atoms with E-state index in [1.54, 1.807) is 6.07 Å². The smallest absolute Gasteiger partial charge is 0.0326 e. The molecule has 0 saturated carbocycles. The van der Waals surface area contributed by atoms with Crippen molar-refractivity contribution in [2.45, 2.75) is 0 Å². The highest BCUT2D eigenvalue weighted by Crippen LogP contribution is 2.15. The summed E-state index contributed by atoms with van der Waals surface area (Å²) in [5.41, 5.74) is 6.36. The predicted molar refractivity (Wildman–Crippen MR) is 47.2 cm³/mol. The summed E-state index contributed by atoms with van der Waals surface area (Å²) in [6.45, 7) is 0. The average molecular weight is 142 g/mol. The van der Waals surface area contributed by atoms with Crippen LogP contribution in [0.1, 0.15) is 0 Å². The van der Waals surface area contributed by atoms with Crippen LogP contribution < -0.4 is 5.73 Å². The van der Waals surface area contributed by atoms with Crippen LogP contribution in [-0.4, -0.2) is 0 Å². The van der Waals surface area contributed by atoms with Crippen molar-refractivity contribution in [1.29, 1.82) is 0 Å². The van der Waals surface area contributed by atoms with Crippen molar-refractivity contribution in [3.63, 3.8) is 0 Å². The molecule has 1 nitrogen and oxygen atoms in total. The molecular formula is C10H8N. The molecule has 53 valence electrons.